The first kappa shape index (κ1) is 14.9. The van der Waals surface area contributed by atoms with Gasteiger partial charge in [0, 0.05) is 19.9 Å². The Hall–Kier alpha value is -2.54. The van der Waals surface area contributed by atoms with Crippen molar-refractivity contribution in [1.29, 1.82) is 0 Å². The number of nitrogens with zero attached hydrogens (tertiary/aromatic N) is 3. The highest BCUT2D eigenvalue weighted by molar-refractivity contribution is 5.91. The molecule has 0 radical (unpaired) electrons. The van der Waals surface area contributed by atoms with Crippen LogP contribution in [0.4, 0.5) is 5.82 Å². The van der Waals surface area contributed by atoms with E-state index in [9.17, 15) is 4.79 Å². The fraction of sp³-hybridized carbons (Fsp3) is 0.286. The predicted molar refractivity (Wildman–Crippen MR) is 77.8 cm³/mol. The second-order valence-electron chi connectivity index (χ2n) is 4.21. The van der Waals surface area contributed by atoms with Crippen molar-refractivity contribution in [3.63, 3.8) is 0 Å². The molecule has 110 valence electrons. The molecule has 21 heavy (non-hydrogen) atoms. The maximum Gasteiger partial charge on any atom is 0.271 e. The molecule has 2 N–H and O–H groups in total. The van der Waals surface area contributed by atoms with Crippen LogP contribution in [0.15, 0.2) is 36.8 Å². The summed E-state index contributed by atoms with van der Waals surface area (Å²) in [7, 11) is 1.58. The lowest BCUT2D eigenvalue weighted by Crippen LogP contribution is -2.27. The zero-order valence-electron chi connectivity index (χ0n) is 11.7. The first-order chi connectivity index (χ1) is 10.3. The van der Waals surface area contributed by atoms with Crippen LogP contribution in [0, 0.1) is 0 Å². The first-order valence-corrected chi connectivity index (χ1v) is 6.52. The minimum atomic E-state index is -0.268. The van der Waals surface area contributed by atoms with E-state index >= 15 is 0 Å². The van der Waals surface area contributed by atoms with Crippen molar-refractivity contribution in [3.8, 4) is 0 Å². The minimum absolute atomic E-state index is 0.268. The maximum atomic E-state index is 11.7. The highest BCUT2D eigenvalue weighted by Crippen LogP contribution is 2.03. The van der Waals surface area contributed by atoms with Crippen LogP contribution in [0.3, 0.4) is 0 Å². The quantitative estimate of drug-likeness (QED) is 0.734. The first-order valence-electron chi connectivity index (χ1n) is 6.52. The largest absolute Gasteiger partial charge is 0.383 e. The molecule has 0 saturated heterocycles. The zero-order valence-corrected chi connectivity index (χ0v) is 11.7. The van der Waals surface area contributed by atoms with Crippen LogP contribution in [0.2, 0.25) is 0 Å². The second kappa shape index (κ2) is 7.91. The normalized spacial score (nSPS) is 10.1. The molecule has 0 fully saturated rings. The Morgan fingerprint density at radius 3 is 2.81 bits per heavy atom. The molecule has 0 aliphatic heterocycles. The molecular weight excluding hydrogens is 270 g/mol. The van der Waals surface area contributed by atoms with Crippen LogP contribution < -0.4 is 10.6 Å². The van der Waals surface area contributed by atoms with E-state index in [1.807, 2.05) is 18.2 Å². The third-order valence-corrected chi connectivity index (χ3v) is 2.65. The number of pyridine rings is 1. The van der Waals surface area contributed by atoms with Gasteiger partial charge in [0.2, 0.25) is 0 Å². The fourth-order valence-corrected chi connectivity index (χ4v) is 1.58. The number of methoxy groups -OCH3 is 1. The van der Waals surface area contributed by atoms with Crippen molar-refractivity contribution < 1.29 is 9.53 Å². The van der Waals surface area contributed by atoms with Gasteiger partial charge in [-0.3, -0.25) is 9.78 Å². The van der Waals surface area contributed by atoms with Gasteiger partial charge in [0.25, 0.3) is 5.91 Å². The molecule has 0 aliphatic rings. The summed E-state index contributed by atoms with van der Waals surface area (Å²) in [5.41, 5.74) is 1.18. The van der Waals surface area contributed by atoms with Crippen molar-refractivity contribution >= 4 is 11.7 Å². The lowest BCUT2D eigenvalue weighted by atomic mass is 10.3. The van der Waals surface area contributed by atoms with E-state index in [0.717, 1.165) is 5.69 Å². The lowest BCUT2D eigenvalue weighted by molar-refractivity contribution is 0.0932. The standard InChI is InChI=1S/C14H17N5O2/c1-21-7-6-16-14(20)12-9-19-13(10-17-12)18-8-11-4-2-3-5-15-11/h2-5,9-10H,6-8H2,1H3,(H,16,20)(H,18,19). The van der Waals surface area contributed by atoms with Gasteiger partial charge in [-0.2, -0.15) is 0 Å². The van der Waals surface area contributed by atoms with Crippen molar-refractivity contribution in [2.75, 3.05) is 25.6 Å². The zero-order chi connectivity index (χ0) is 14.9. The molecule has 7 heteroatoms. The van der Waals surface area contributed by atoms with E-state index in [2.05, 4.69) is 25.6 Å². The van der Waals surface area contributed by atoms with Gasteiger partial charge < -0.3 is 15.4 Å². The van der Waals surface area contributed by atoms with E-state index in [1.54, 1.807) is 13.3 Å². The summed E-state index contributed by atoms with van der Waals surface area (Å²) in [6.45, 7) is 1.45. The molecule has 2 aromatic rings. The molecule has 1 amide bonds. The monoisotopic (exact) mass is 287 g/mol. The van der Waals surface area contributed by atoms with Gasteiger partial charge in [0.15, 0.2) is 0 Å². The van der Waals surface area contributed by atoms with Crippen LogP contribution in [-0.2, 0) is 11.3 Å². The fourth-order valence-electron chi connectivity index (χ4n) is 1.58. The van der Waals surface area contributed by atoms with E-state index in [1.165, 1.54) is 12.4 Å². The summed E-state index contributed by atoms with van der Waals surface area (Å²) in [5, 5.41) is 5.77. The SMILES string of the molecule is COCCNC(=O)c1cnc(NCc2ccccn2)cn1. The molecular formula is C14H17N5O2. The Bertz CT molecular complexity index is 559. The number of amides is 1. The Balaban J connectivity index is 1.85. The van der Waals surface area contributed by atoms with Crippen LogP contribution >= 0.6 is 0 Å². The summed E-state index contributed by atoms with van der Waals surface area (Å²) in [5.74, 6) is 0.324. The highest BCUT2D eigenvalue weighted by atomic mass is 16.5. The molecule has 0 unspecified atom stereocenters. The Labute approximate surface area is 122 Å². The molecule has 0 atom stereocenters. The van der Waals surface area contributed by atoms with Gasteiger partial charge in [0.1, 0.15) is 11.5 Å². The number of carbonyl (C=O) groups is 1. The molecule has 2 aromatic heterocycles. The van der Waals surface area contributed by atoms with Gasteiger partial charge in [-0.15, -0.1) is 0 Å². The lowest BCUT2D eigenvalue weighted by Gasteiger charge is -2.06. The summed E-state index contributed by atoms with van der Waals surface area (Å²) >= 11 is 0. The van der Waals surface area contributed by atoms with E-state index in [-0.39, 0.29) is 11.6 Å². The van der Waals surface area contributed by atoms with Crippen molar-refractivity contribution in [2.24, 2.45) is 0 Å². The Morgan fingerprint density at radius 2 is 2.14 bits per heavy atom. The van der Waals surface area contributed by atoms with E-state index in [4.69, 9.17) is 4.74 Å². The van der Waals surface area contributed by atoms with Gasteiger partial charge in [-0.1, -0.05) is 6.07 Å². The molecule has 0 saturated carbocycles. The van der Waals surface area contributed by atoms with Crippen molar-refractivity contribution in [1.82, 2.24) is 20.3 Å². The highest BCUT2D eigenvalue weighted by Gasteiger charge is 2.07. The summed E-state index contributed by atoms with van der Waals surface area (Å²) in [6, 6.07) is 5.70. The number of rotatable bonds is 7. The average molecular weight is 287 g/mol. The number of aromatic nitrogens is 3. The minimum Gasteiger partial charge on any atom is -0.383 e. The smallest absolute Gasteiger partial charge is 0.271 e. The molecule has 0 spiro atoms. The number of anilines is 1. The van der Waals surface area contributed by atoms with Crippen LogP contribution in [0.5, 0.6) is 0 Å². The summed E-state index contributed by atoms with van der Waals surface area (Å²) < 4.78 is 4.85. The number of ether oxygens (including phenoxy) is 1. The van der Waals surface area contributed by atoms with Crippen molar-refractivity contribution in [3.05, 3.63) is 48.2 Å². The van der Waals surface area contributed by atoms with Crippen molar-refractivity contribution in [2.45, 2.75) is 6.54 Å². The number of carbonyl (C=O) groups excluding carboxylic acids is 1. The maximum absolute atomic E-state index is 11.7. The van der Waals surface area contributed by atoms with Crippen LogP contribution in [0.25, 0.3) is 0 Å². The van der Waals surface area contributed by atoms with E-state index in [0.29, 0.717) is 25.5 Å². The summed E-state index contributed by atoms with van der Waals surface area (Å²) in [6.07, 6.45) is 4.69. The predicted octanol–water partition coefficient (Wildman–Crippen LogP) is 0.860. The molecule has 7 nitrogen and oxygen atoms in total. The van der Waals surface area contributed by atoms with E-state index < -0.39 is 0 Å². The third-order valence-electron chi connectivity index (χ3n) is 2.65. The topological polar surface area (TPSA) is 89.0 Å². The van der Waals surface area contributed by atoms with Crippen LogP contribution in [-0.4, -0.2) is 41.1 Å². The van der Waals surface area contributed by atoms with Gasteiger partial charge in [-0.05, 0) is 12.1 Å². The van der Waals surface area contributed by atoms with Gasteiger partial charge in [0.05, 0.1) is 31.2 Å². The number of nitrogens with one attached hydrogen (secondary N) is 2. The molecule has 0 aromatic carbocycles. The van der Waals surface area contributed by atoms with Gasteiger partial charge in [-0.25, -0.2) is 9.97 Å². The molecule has 0 aliphatic carbocycles. The Kier molecular flexibility index (Phi) is 5.60. The molecule has 0 bridgehead atoms. The Morgan fingerprint density at radius 1 is 1.24 bits per heavy atom. The molecule has 2 rings (SSSR count). The molecule has 2 heterocycles. The third kappa shape index (κ3) is 4.81. The average Bonchev–Trinajstić information content (AvgIpc) is 2.54. The second-order valence-corrected chi connectivity index (χ2v) is 4.21. The summed E-state index contributed by atoms with van der Waals surface area (Å²) in [4.78, 5) is 24.1. The number of hydrogen-bond acceptors (Lipinski definition) is 6. The van der Waals surface area contributed by atoms with Crippen LogP contribution in [0.1, 0.15) is 16.2 Å². The number of hydrogen-bond donors (Lipinski definition) is 2. The van der Waals surface area contributed by atoms with Gasteiger partial charge >= 0.3 is 0 Å².